The molecule has 4 nitrogen and oxygen atoms in total. The maximum absolute atomic E-state index is 6.14. The fourth-order valence-corrected chi connectivity index (χ4v) is 5.73. The van der Waals surface area contributed by atoms with Crippen LogP contribution in [0.5, 0.6) is 0 Å². The minimum absolute atomic E-state index is 0.249. The van der Waals surface area contributed by atoms with Gasteiger partial charge in [0.2, 0.25) is 0 Å². The highest BCUT2D eigenvalue weighted by molar-refractivity contribution is 6.32. The topological polar surface area (TPSA) is 43.1 Å². The minimum atomic E-state index is 0.249. The molecule has 4 bridgehead atoms. The lowest BCUT2D eigenvalue weighted by atomic mass is 9.49. The summed E-state index contributed by atoms with van der Waals surface area (Å²) in [7, 11) is 0. The lowest BCUT2D eigenvalue weighted by Gasteiger charge is -2.55. The molecule has 2 aromatic rings. The van der Waals surface area contributed by atoms with Crippen molar-refractivity contribution >= 4 is 17.2 Å². The third-order valence-corrected chi connectivity index (χ3v) is 6.06. The van der Waals surface area contributed by atoms with Gasteiger partial charge in [-0.2, -0.15) is 0 Å². The van der Waals surface area contributed by atoms with E-state index in [1.807, 2.05) is 6.20 Å². The Labute approximate surface area is 122 Å². The van der Waals surface area contributed by atoms with Crippen molar-refractivity contribution in [3.63, 3.8) is 0 Å². The predicted octanol–water partition coefficient (Wildman–Crippen LogP) is 3.25. The zero-order valence-electron chi connectivity index (χ0n) is 11.3. The molecule has 0 spiro atoms. The molecular formula is C15H17ClN4. The van der Waals surface area contributed by atoms with Gasteiger partial charge in [0, 0.05) is 17.8 Å². The van der Waals surface area contributed by atoms with Crippen LogP contribution in [-0.4, -0.2) is 19.6 Å². The Morgan fingerprint density at radius 3 is 2.35 bits per heavy atom. The van der Waals surface area contributed by atoms with Crippen LogP contribution < -0.4 is 0 Å². The fraction of sp³-hybridized carbons (Fsp3) is 0.667. The van der Waals surface area contributed by atoms with Crippen LogP contribution in [0.15, 0.2) is 12.4 Å². The highest BCUT2D eigenvalue weighted by atomic mass is 35.5. The van der Waals surface area contributed by atoms with Gasteiger partial charge >= 0.3 is 0 Å². The van der Waals surface area contributed by atoms with E-state index in [2.05, 4.69) is 19.6 Å². The quantitative estimate of drug-likeness (QED) is 0.809. The van der Waals surface area contributed by atoms with E-state index in [0.29, 0.717) is 10.8 Å². The molecule has 5 heteroatoms. The van der Waals surface area contributed by atoms with E-state index >= 15 is 0 Å². The van der Waals surface area contributed by atoms with E-state index in [4.69, 9.17) is 11.6 Å². The summed E-state index contributed by atoms with van der Waals surface area (Å²) in [5, 5.41) is 9.28. The van der Waals surface area contributed by atoms with Crippen LogP contribution in [0.1, 0.15) is 44.3 Å². The van der Waals surface area contributed by atoms with Crippen molar-refractivity contribution in [2.24, 2.45) is 17.8 Å². The Bertz CT molecular complexity index is 657. The van der Waals surface area contributed by atoms with Crippen LogP contribution in [0, 0.1) is 17.8 Å². The number of fused-ring (bicyclic) bond motifs is 1. The van der Waals surface area contributed by atoms with E-state index < -0.39 is 0 Å². The second-order valence-corrected chi connectivity index (χ2v) is 7.49. The molecule has 104 valence electrons. The van der Waals surface area contributed by atoms with Crippen molar-refractivity contribution in [1.82, 2.24) is 19.6 Å². The molecule has 0 radical (unpaired) electrons. The zero-order valence-corrected chi connectivity index (χ0v) is 12.1. The normalized spacial score (nSPS) is 38.8. The Hall–Kier alpha value is -1.16. The van der Waals surface area contributed by atoms with Crippen molar-refractivity contribution in [2.45, 2.75) is 43.9 Å². The maximum Gasteiger partial charge on any atom is 0.198 e. The lowest BCUT2D eigenvalue weighted by molar-refractivity contribution is -0.00984. The second kappa shape index (κ2) is 3.73. The van der Waals surface area contributed by atoms with Crippen molar-refractivity contribution < 1.29 is 0 Å². The number of hydrogen-bond donors (Lipinski definition) is 0. The first-order valence-electron chi connectivity index (χ1n) is 7.59. The van der Waals surface area contributed by atoms with Gasteiger partial charge in [-0.1, -0.05) is 11.6 Å². The van der Waals surface area contributed by atoms with E-state index in [0.717, 1.165) is 23.6 Å². The summed E-state index contributed by atoms with van der Waals surface area (Å²) in [5.41, 5.74) is 0.957. The second-order valence-electron chi connectivity index (χ2n) is 7.13. The molecule has 0 aromatic carbocycles. The monoisotopic (exact) mass is 288 g/mol. The Kier molecular flexibility index (Phi) is 2.14. The van der Waals surface area contributed by atoms with Gasteiger partial charge in [-0.25, -0.2) is 4.98 Å². The van der Waals surface area contributed by atoms with Gasteiger partial charge < -0.3 is 0 Å². The first kappa shape index (κ1) is 11.5. The molecule has 0 amide bonds. The summed E-state index contributed by atoms with van der Waals surface area (Å²) in [6.45, 7) is 0. The first-order chi connectivity index (χ1) is 9.73. The molecular weight excluding hydrogens is 272 g/mol. The van der Waals surface area contributed by atoms with Crippen molar-refractivity contribution in [3.05, 3.63) is 23.4 Å². The van der Waals surface area contributed by atoms with Crippen molar-refractivity contribution in [3.8, 4) is 0 Å². The smallest absolute Gasteiger partial charge is 0.198 e. The van der Waals surface area contributed by atoms with Gasteiger partial charge in [-0.3, -0.25) is 4.40 Å². The number of nitrogens with zero attached hydrogens (tertiary/aromatic N) is 4. The van der Waals surface area contributed by atoms with Crippen LogP contribution in [0.2, 0.25) is 5.15 Å². The van der Waals surface area contributed by atoms with E-state index in [1.165, 1.54) is 38.5 Å². The van der Waals surface area contributed by atoms with Gasteiger partial charge in [0.05, 0.1) is 0 Å². The molecule has 0 N–H and O–H groups in total. The van der Waals surface area contributed by atoms with E-state index in [1.54, 1.807) is 6.20 Å². The molecule has 2 heterocycles. The first-order valence-corrected chi connectivity index (χ1v) is 7.97. The standard InChI is InChI=1S/C15H17ClN4/c16-12-13-18-19-14(20(13)2-1-17-12)15-6-9-3-10(7-15)5-11(4-9)8-15/h1-2,9-11H,3-8H2. The van der Waals surface area contributed by atoms with Crippen LogP contribution in [0.4, 0.5) is 0 Å². The molecule has 4 fully saturated rings. The summed E-state index contributed by atoms with van der Waals surface area (Å²) in [6, 6.07) is 0. The van der Waals surface area contributed by atoms with Gasteiger partial charge in [0.25, 0.3) is 0 Å². The molecule has 0 unspecified atom stereocenters. The average molecular weight is 289 g/mol. The number of halogens is 1. The number of aromatic nitrogens is 4. The molecule has 20 heavy (non-hydrogen) atoms. The summed E-state index contributed by atoms with van der Waals surface area (Å²) in [5.74, 6) is 3.86. The van der Waals surface area contributed by atoms with Crippen LogP contribution in [0.3, 0.4) is 0 Å². The molecule has 0 aliphatic heterocycles. The van der Waals surface area contributed by atoms with Gasteiger partial charge in [-0.15, -0.1) is 10.2 Å². The largest absolute Gasteiger partial charge is 0.282 e. The predicted molar refractivity (Wildman–Crippen MR) is 75.6 cm³/mol. The minimum Gasteiger partial charge on any atom is -0.282 e. The highest BCUT2D eigenvalue weighted by Gasteiger charge is 2.53. The van der Waals surface area contributed by atoms with E-state index in [9.17, 15) is 0 Å². The van der Waals surface area contributed by atoms with Gasteiger partial charge in [-0.05, 0) is 56.3 Å². The molecule has 4 aliphatic rings. The average Bonchev–Trinajstić information content (AvgIpc) is 2.83. The Morgan fingerprint density at radius 1 is 1.05 bits per heavy atom. The summed E-state index contributed by atoms with van der Waals surface area (Å²) < 4.78 is 2.09. The highest BCUT2D eigenvalue weighted by Crippen LogP contribution is 2.60. The van der Waals surface area contributed by atoms with Crippen LogP contribution >= 0.6 is 11.6 Å². The summed E-state index contributed by atoms with van der Waals surface area (Å²) in [4.78, 5) is 4.11. The lowest BCUT2D eigenvalue weighted by Crippen LogP contribution is -2.49. The summed E-state index contributed by atoms with van der Waals surface area (Å²) in [6.07, 6.45) is 11.9. The molecule has 0 atom stereocenters. The third-order valence-electron chi connectivity index (χ3n) is 5.80. The molecule has 0 saturated heterocycles. The summed E-state index contributed by atoms with van der Waals surface area (Å²) >= 11 is 6.14. The molecule has 4 aliphatic carbocycles. The fourth-order valence-electron chi connectivity index (χ4n) is 5.54. The SMILES string of the molecule is Clc1nccn2c(C34CC5CC(CC(C5)C3)C4)nnc12. The number of hydrogen-bond acceptors (Lipinski definition) is 3. The van der Waals surface area contributed by atoms with Crippen LogP contribution in [-0.2, 0) is 5.41 Å². The molecule has 4 saturated carbocycles. The molecule has 2 aromatic heterocycles. The van der Waals surface area contributed by atoms with Crippen molar-refractivity contribution in [2.75, 3.05) is 0 Å². The van der Waals surface area contributed by atoms with Crippen LogP contribution in [0.25, 0.3) is 5.65 Å². The Balaban J connectivity index is 1.70. The van der Waals surface area contributed by atoms with Crippen molar-refractivity contribution in [1.29, 1.82) is 0 Å². The third kappa shape index (κ3) is 1.40. The zero-order chi connectivity index (χ0) is 13.3. The van der Waals surface area contributed by atoms with Gasteiger partial charge in [0.1, 0.15) is 5.82 Å². The van der Waals surface area contributed by atoms with Gasteiger partial charge in [0.15, 0.2) is 10.8 Å². The Morgan fingerprint density at radius 2 is 1.70 bits per heavy atom. The van der Waals surface area contributed by atoms with E-state index in [-0.39, 0.29) is 5.41 Å². The number of rotatable bonds is 1. The molecule has 6 rings (SSSR count). The maximum atomic E-state index is 6.14.